The number of nitrogens with one attached hydrogen (secondary N) is 1. The third-order valence-electron chi connectivity index (χ3n) is 6.13. The van der Waals surface area contributed by atoms with Crippen LogP contribution in [0.4, 0.5) is 5.69 Å². The lowest BCUT2D eigenvalue weighted by Gasteiger charge is -2.30. The number of esters is 2. The average Bonchev–Trinajstić information content (AvgIpc) is 2.85. The second-order valence-electron chi connectivity index (χ2n) is 9.15. The number of aliphatic hydroxyl groups excluding tert-OH is 1. The van der Waals surface area contributed by atoms with Crippen molar-refractivity contribution in [3.8, 4) is 0 Å². The fourth-order valence-corrected chi connectivity index (χ4v) is 4.08. The Hall–Kier alpha value is -3.24. The molecule has 1 heterocycles. The Labute approximate surface area is 211 Å². The van der Waals surface area contributed by atoms with Crippen molar-refractivity contribution >= 4 is 17.6 Å². The van der Waals surface area contributed by atoms with Crippen LogP contribution in [0.5, 0.6) is 0 Å². The van der Waals surface area contributed by atoms with Gasteiger partial charge < -0.3 is 24.6 Å². The van der Waals surface area contributed by atoms with Gasteiger partial charge in [0.1, 0.15) is 6.61 Å². The van der Waals surface area contributed by atoms with E-state index in [1.165, 1.54) is 25.3 Å². The number of methoxy groups -OCH3 is 1. The summed E-state index contributed by atoms with van der Waals surface area (Å²) in [5, 5.41) is 24.1. The molecule has 0 aromatic heterocycles. The van der Waals surface area contributed by atoms with Gasteiger partial charge in [-0.1, -0.05) is 32.0 Å². The molecule has 3 unspecified atom stereocenters. The van der Waals surface area contributed by atoms with Gasteiger partial charge in [-0.2, -0.15) is 0 Å². The highest BCUT2D eigenvalue weighted by molar-refractivity contribution is 6.00. The molecule has 0 spiro atoms. The van der Waals surface area contributed by atoms with E-state index in [4.69, 9.17) is 14.2 Å². The molecule has 1 aromatic carbocycles. The van der Waals surface area contributed by atoms with E-state index in [9.17, 15) is 24.8 Å². The lowest BCUT2D eigenvalue weighted by molar-refractivity contribution is -0.385. The maximum atomic E-state index is 13.4. The number of allylic oxidation sites excluding steroid dienone is 2. The van der Waals surface area contributed by atoms with Crippen LogP contribution in [0.15, 0.2) is 46.8 Å². The van der Waals surface area contributed by atoms with Crippen LogP contribution in [-0.4, -0.2) is 55.5 Å². The number of dihydropyridines is 1. The summed E-state index contributed by atoms with van der Waals surface area (Å²) in [7, 11) is 1.47. The molecule has 0 saturated heterocycles. The van der Waals surface area contributed by atoms with Crippen LogP contribution in [0.2, 0.25) is 0 Å². The molecular formula is C26H36N2O8. The molecule has 10 nitrogen and oxygen atoms in total. The first-order valence-corrected chi connectivity index (χ1v) is 12.0. The quantitative estimate of drug-likeness (QED) is 0.179. The third kappa shape index (κ3) is 7.38. The van der Waals surface area contributed by atoms with E-state index < -0.39 is 22.8 Å². The van der Waals surface area contributed by atoms with Crippen LogP contribution in [0.1, 0.15) is 52.0 Å². The predicted octanol–water partition coefficient (Wildman–Crippen LogP) is 3.61. The molecule has 0 amide bonds. The summed E-state index contributed by atoms with van der Waals surface area (Å²) < 4.78 is 15.9. The summed E-state index contributed by atoms with van der Waals surface area (Å²) >= 11 is 0. The molecule has 36 heavy (non-hydrogen) atoms. The Morgan fingerprint density at radius 1 is 1.03 bits per heavy atom. The van der Waals surface area contributed by atoms with E-state index in [0.29, 0.717) is 11.4 Å². The molecule has 198 valence electrons. The van der Waals surface area contributed by atoms with Gasteiger partial charge in [-0.05, 0) is 38.5 Å². The Morgan fingerprint density at radius 3 is 2.19 bits per heavy atom. The molecule has 3 atom stereocenters. The molecule has 1 aromatic rings. The number of hydrogen-bond acceptors (Lipinski definition) is 9. The lowest BCUT2D eigenvalue weighted by atomic mass is 9.79. The highest BCUT2D eigenvalue weighted by Crippen LogP contribution is 2.42. The number of ether oxygens (including phenoxy) is 3. The molecule has 0 fully saturated rings. The molecule has 0 radical (unpaired) electrons. The van der Waals surface area contributed by atoms with Gasteiger partial charge in [-0.25, -0.2) is 9.59 Å². The van der Waals surface area contributed by atoms with Crippen molar-refractivity contribution in [3.05, 3.63) is 62.5 Å². The zero-order valence-electron chi connectivity index (χ0n) is 21.5. The Balaban J connectivity index is 2.43. The van der Waals surface area contributed by atoms with Crippen molar-refractivity contribution < 1.29 is 33.8 Å². The topological polar surface area (TPSA) is 137 Å². The van der Waals surface area contributed by atoms with Gasteiger partial charge in [-0.3, -0.25) is 10.1 Å². The van der Waals surface area contributed by atoms with Gasteiger partial charge in [0.15, 0.2) is 0 Å². The second kappa shape index (κ2) is 13.7. The number of carbonyl (C=O) groups excluding carboxylic acids is 2. The van der Waals surface area contributed by atoms with Crippen molar-refractivity contribution in [1.82, 2.24) is 5.32 Å². The number of para-hydroxylation sites is 1. The number of hydrogen-bond donors (Lipinski definition) is 2. The van der Waals surface area contributed by atoms with E-state index in [-0.39, 0.29) is 60.7 Å². The zero-order valence-corrected chi connectivity index (χ0v) is 21.5. The van der Waals surface area contributed by atoms with Crippen molar-refractivity contribution in [1.29, 1.82) is 0 Å². The molecule has 2 rings (SSSR count). The molecule has 2 N–H and O–H groups in total. The average molecular weight is 505 g/mol. The summed E-state index contributed by atoms with van der Waals surface area (Å²) in [6.07, 6.45) is 1.55. The first-order chi connectivity index (χ1) is 17.1. The standard InChI is InChI=1S/C26H36N2O8/c1-16(14-29)10-11-17(2)15-36-26(31)23-19(4)27-18(3)22(25(30)35-13-12-34-5)24(23)20-8-6-7-9-21(20)28(32)33/h6-9,16-17,24,27,29H,10-15H2,1-5H3. The summed E-state index contributed by atoms with van der Waals surface area (Å²) in [6.45, 7) is 7.61. The fraction of sp³-hybridized carbons (Fsp3) is 0.538. The fourth-order valence-electron chi connectivity index (χ4n) is 4.08. The summed E-state index contributed by atoms with van der Waals surface area (Å²) in [6, 6.07) is 6.02. The number of aliphatic hydroxyl groups is 1. The molecular weight excluding hydrogens is 468 g/mol. The maximum absolute atomic E-state index is 13.4. The summed E-state index contributed by atoms with van der Waals surface area (Å²) in [4.78, 5) is 37.8. The largest absolute Gasteiger partial charge is 0.462 e. The molecule has 1 aliphatic rings. The van der Waals surface area contributed by atoms with Gasteiger partial charge in [0.2, 0.25) is 0 Å². The lowest BCUT2D eigenvalue weighted by Crippen LogP contribution is -2.33. The Morgan fingerprint density at radius 2 is 1.61 bits per heavy atom. The minimum atomic E-state index is -1.06. The van der Waals surface area contributed by atoms with Gasteiger partial charge in [0.25, 0.3) is 5.69 Å². The highest BCUT2D eigenvalue weighted by Gasteiger charge is 2.41. The second-order valence-corrected chi connectivity index (χ2v) is 9.15. The summed E-state index contributed by atoms with van der Waals surface area (Å²) in [5.41, 5.74) is 1.06. The molecule has 0 saturated carbocycles. The minimum absolute atomic E-state index is 0.0119. The SMILES string of the molecule is COCCOC(=O)C1=C(C)NC(C)=C(C(=O)OCC(C)CCC(C)CO)C1c1ccccc1[N+](=O)[O-]. The van der Waals surface area contributed by atoms with Crippen LogP contribution in [0.25, 0.3) is 0 Å². The molecule has 10 heteroatoms. The van der Waals surface area contributed by atoms with Crippen LogP contribution in [0, 0.1) is 22.0 Å². The van der Waals surface area contributed by atoms with Crippen LogP contribution in [-0.2, 0) is 23.8 Å². The Kier molecular flexibility index (Phi) is 11.1. The van der Waals surface area contributed by atoms with E-state index in [0.717, 1.165) is 12.8 Å². The molecule has 0 bridgehead atoms. The smallest absolute Gasteiger partial charge is 0.336 e. The van der Waals surface area contributed by atoms with Crippen LogP contribution >= 0.6 is 0 Å². The zero-order chi connectivity index (χ0) is 26.8. The van der Waals surface area contributed by atoms with E-state index in [1.54, 1.807) is 19.9 Å². The van der Waals surface area contributed by atoms with E-state index >= 15 is 0 Å². The van der Waals surface area contributed by atoms with Crippen molar-refractivity contribution in [2.24, 2.45) is 11.8 Å². The number of rotatable bonds is 13. The highest BCUT2D eigenvalue weighted by atomic mass is 16.6. The maximum Gasteiger partial charge on any atom is 0.336 e. The first kappa shape index (κ1) is 29.0. The van der Waals surface area contributed by atoms with Crippen molar-refractivity contribution in [2.45, 2.75) is 46.5 Å². The monoisotopic (exact) mass is 504 g/mol. The number of nitro groups is 1. The number of carbonyl (C=O) groups is 2. The summed E-state index contributed by atoms with van der Waals surface area (Å²) in [5.74, 6) is -2.23. The minimum Gasteiger partial charge on any atom is -0.462 e. The molecule has 1 aliphatic heterocycles. The van der Waals surface area contributed by atoms with E-state index in [2.05, 4.69) is 5.32 Å². The van der Waals surface area contributed by atoms with Gasteiger partial charge in [0, 0.05) is 36.7 Å². The van der Waals surface area contributed by atoms with Gasteiger partial charge in [0.05, 0.1) is 35.2 Å². The van der Waals surface area contributed by atoms with Gasteiger partial charge >= 0.3 is 11.9 Å². The first-order valence-electron chi connectivity index (χ1n) is 12.0. The number of benzene rings is 1. The van der Waals surface area contributed by atoms with Gasteiger partial charge in [-0.15, -0.1) is 0 Å². The predicted molar refractivity (Wildman–Crippen MR) is 133 cm³/mol. The number of nitrogens with zero attached hydrogens (tertiary/aromatic N) is 1. The third-order valence-corrected chi connectivity index (χ3v) is 6.13. The van der Waals surface area contributed by atoms with Crippen LogP contribution in [0.3, 0.4) is 0 Å². The number of nitro benzene ring substituents is 1. The molecule has 0 aliphatic carbocycles. The van der Waals surface area contributed by atoms with E-state index in [1.807, 2.05) is 13.8 Å². The van der Waals surface area contributed by atoms with Crippen molar-refractivity contribution in [2.75, 3.05) is 33.5 Å². The van der Waals surface area contributed by atoms with Crippen LogP contribution < -0.4 is 5.32 Å². The van der Waals surface area contributed by atoms with Crippen molar-refractivity contribution in [3.63, 3.8) is 0 Å². The normalized spacial score (nSPS) is 17.3. The Bertz CT molecular complexity index is 1020.